The van der Waals surface area contributed by atoms with E-state index in [1.54, 1.807) is 18.2 Å². The van der Waals surface area contributed by atoms with E-state index in [0.29, 0.717) is 16.6 Å². The van der Waals surface area contributed by atoms with E-state index in [-0.39, 0.29) is 6.42 Å². The smallest absolute Gasteiger partial charge is 0.303 e. The molecule has 1 aromatic rings. The standard InChI is InChI=1S/C10H10BrFO3/c11-10-7(4-5-9(13)14)2-1-3-8(10)15-6-12/h1-3H,4-6H2,(H,13,14). The maximum Gasteiger partial charge on any atom is 0.303 e. The van der Waals surface area contributed by atoms with Gasteiger partial charge in [0.1, 0.15) is 5.75 Å². The third-order valence-corrected chi connectivity index (χ3v) is 2.76. The van der Waals surface area contributed by atoms with E-state index in [0.717, 1.165) is 5.56 Å². The van der Waals surface area contributed by atoms with Crippen molar-refractivity contribution in [1.82, 2.24) is 0 Å². The van der Waals surface area contributed by atoms with Crippen molar-refractivity contribution in [3.05, 3.63) is 28.2 Å². The zero-order valence-electron chi connectivity index (χ0n) is 7.87. The maximum absolute atomic E-state index is 12.0. The average molecular weight is 277 g/mol. The second kappa shape index (κ2) is 5.70. The molecule has 1 aromatic carbocycles. The highest BCUT2D eigenvalue weighted by Gasteiger charge is 2.08. The summed E-state index contributed by atoms with van der Waals surface area (Å²) in [5.74, 6) is -0.473. The molecule has 0 saturated heterocycles. The molecule has 0 heterocycles. The van der Waals surface area contributed by atoms with E-state index < -0.39 is 12.8 Å². The molecule has 0 aromatic heterocycles. The number of hydrogen-bond acceptors (Lipinski definition) is 2. The molecule has 0 aliphatic carbocycles. The third-order valence-electron chi connectivity index (χ3n) is 1.86. The van der Waals surface area contributed by atoms with E-state index in [9.17, 15) is 9.18 Å². The minimum Gasteiger partial charge on any atom is -0.481 e. The zero-order valence-corrected chi connectivity index (χ0v) is 9.46. The Hall–Kier alpha value is -1.10. The van der Waals surface area contributed by atoms with Crippen molar-refractivity contribution in [1.29, 1.82) is 0 Å². The lowest BCUT2D eigenvalue weighted by atomic mass is 10.1. The van der Waals surface area contributed by atoms with Crippen molar-refractivity contribution >= 4 is 21.9 Å². The van der Waals surface area contributed by atoms with Crippen LogP contribution in [0.2, 0.25) is 0 Å². The molecule has 0 bridgehead atoms. The van der Waals surface area contributed by atoms with Gasteiger partial charge in [0, 0.05) is 6.42 Å². The topological polar surface area (TPSA) is 46.5 Å². The minimum atomic E-state index is -0.902. The van der Waals surface area contributed by atoms with Crippen LogP contribution in [-0.2, 0) is 11.2 Å². The first-order valence-corrected chi connectivity index (χ1v) is 5.12. The number of alkyl halides is 1. The van der Waals surface area contributed by atoms with Crippen molar-refractivity contribution in [3.63, 3.8) is 0 Å². The van der Waals surface area contributed by atoms with Gasteiger partial charge in [-0.25, -0.2) is 4.39 Å². The lowest BCUT2D eigenvalue weighted by Gasteiger charge is -2.08. The fourth-order valence-corrected chi connectivity index (χ4v) is 1.74. The summed E-state index contributed by atoms with van der Waals surface area (Å²) < 4.78 is 17.3. The molecule has 5 heteroatoms. The molecular formula is C10H10BrFO3. The van der Waals surface area contributed by atoms with Crippen LogP contribution in [0.5, 0.6) is 5.75 Å². The summed E-state index contributed by atoms with van der Waals surface area (Å²) in [5, 5.41) is 8.53. The molecule has 0 saturated carbocycles. The molecule has 0 unspecified atom stereocenters. The molecule has 82 valence electrons. The lowest BCUT2D eigenvalue weighted by Crippen LogP contribution is -1.99. The van der Waals surface area contributed by atoms with Crippen LogP contribution < -0.4 is 4.74 Å². The summed E-state index contributed by atoms with van der Waals surface area (Å²) in [7, 11) is 0. The molecule has 0 amide bonds. The highest BCUT2D eigenvalue weighted by molar-refractivity contribution is 9.10. The number of ether oxygens (including phenoxy) is 1. The monoisotopic (exact) mass is 276 g/mol. The largest absolute Gasteiger partial charge is 0.481 e. The van der Waals surface area contributed by atoms with Gasteiger partial charge in [0.05, 0.1) is 4.47 Å². The normalized spacial score (nSPS) is 10.0. The van der Waals surface area contributed by atoms with E-state index in [1.807, 2.05) is 0 Å². The Labute approximate surface area is 95.0 Å². The first-order valence-electron chi connectivity index (χ1n) is 4.33. The number of aryl methyl sites for hydroxylation is 1. The Bertz CT molecular complexity index is 355. The lowest BCUT2D eigenvalue weighted by molar-refractivity contribution is -0.136. The number of halogens is 2. The summed E-state index contributed by atoms with van der Waals surface area (Å²) in [6, 6.07) is 5.10. The van der Waals surface area contributed by atoms with Crippen LogP contribution in [0, 0.1) is 0 Å². The first-order chi connectivity index (χ1) is 7.15. The van der Waals surface area contributed by atoms with Crippen molar-refractivity contribution in [3.8, 4) is 5.75 Å². The number of carboxylic acids is 1. The molecule has 0 fully saturated rings. The van der Waals surface area contributed by atoms with Crippen molar-refractivity contribution in [2.75, 3.05) is 6.86 Å². The predicted molar refractivity (Wildman–Crippen MR) is 56.7 cm³/mol. The number of aliphatic carboxylic acids is 1. The zero-order chi connectivity index (χ0) is 11.3. The van der Waals surface area contributed by atoms with Gasteiger partial charge in [0.25, 0.3) is 0 Å². The fourth-order valence-electron chi connectivity index (χ4n) is 1.16. The number of carboxylic acid groups (broad SMARTS) is 1. The Morgan fingerprint density at radius 3 is 2.87 bits per heavy atom. The van der Waals surface area contributed by atoms with E-state index >= 15 is 0 Å². The van der Waals surface area contributed by atoms with Crippen LogP contribution in [0.4, 0.5) is 4.39 Å². The van der Waals surface area contributed by atoms with Crippen molar-refractivity contribution in [2.24, 2.45) is 0 Å². The summed E-state index contributed by atoms with van der Waals surface area (Å²) >= 11 is 3.25. The molecule has 0 spiro atoms. The number of benzene rings is 1. The fraction of sp³-hybridized carbons (Fsp3) is 0.300. The van der Waals surface area contributed by atoms with E-state index in [2.05, 4.69) is 15.9 Å². The summed E-state index contributed by atoms with van der Waals surface area (Å²) in [6.07, 6.45) is 0.428. The minimum absolute atomic E-state index is 0.0394. The summed E-state index contributed by atoms with van der Waals surface area (Å²) in [5.41, 5.74) is 0.795. The second-order valence-corrected chi connectivity index (χ2v) is 3.67. The molecule has 3 nitrogen and oxygen atoms in total. The van der Waals surface area contributed by atoms with Crippen LogP contribution in [0.25, 0.3) is 0 Å². The third kappa shape index (κ3) is 3.51. The van der Waals surface area contributed by atoms with Gasteiger partial charge in [0.15, 0.2) is 0 Å². The van der Waals surface area contributed by atoms with Gasteiger partial charge >= 0.3 is 5.97 Å². The van der Waals surface area contributed by atoms with Crippen molar-refractivity contribution in [2.45, 2.75) is 12.8 Å². The van der Waals surface area contributed by atoms with Crippen LogP contribution >= 0.6 is 15.9 Å². The molecule has 0 radical (unpaired) electrons. The van der Waals surface area contributed by atoms with Gasteiger partial charge in [-0.3, -0.25) is 4.79 Å². The van der Waals surface area contributed by atoms with Gasteiger partial charge in [-0.2, -0.15) is 0 Å². The SMILES string of the molecule is O=C(O)CCc1cccc(OCF)c1Br. The van der Waals surface area contributed by atoms with Crippen molar-refractivity contribution < 1.29 is 19.0 Å². The maximum atomic E-state index is 12.0. The van der Waals surface area contributed by atoms with Gasteiger partial charge in [0.2, 0.25) is 6.86 Å². The molecule has 15 heavy (non-hydrogen) atoms. The number of hydrogen-bond donors (Lipinski definition) is 1. The molecule has 1 N–H and O–H groups in total. The summed E-state index contributed by atoms with van der Waals surface area (Å²) in [4.78, 5) is 10.4. The second-order valence-electron chi connectivity index (χ2n) is 2.88. The van der Waals surface area contributed by atoms with E-state index in [4.69, 9.17) is 9.84 Å². The van der Waals surface area contributed by atoms with Crippen LogP contribution in [0.3, 0.4) is 0 Å². The van der Waals surface area contributed by atoms with Gasteiger partial charge in [-0.15, -0.1) is 0 Å². The van der Waals surface area contributed by atoms with Gasteiger partial charge < -0.3 is 9.84 Å². The average Bonchev–Trinajstić information content (AvgIpc) is 2.19. The van der Waals surface area contributed by atoms with Gasteiger partial charge in [-0.05, 0) is 34.0 Å². The molecule has 0 atom stereocenters. The highest BCUT2D eigenvalue weighted by atomic mass is 79.9. The van der Waals surface area contributed by atoms with Gasteiger partial charge in [-0.1, -0.05) is 12.1 Å². The molecule has 1 rings (SSSR count). The molecular weight excluding hydrogens is 267 g/mol. The van der Waals surface area contributed by atoms with Crippen LogP contribution in [-0.4, -0.2) is 17.9 Å². The number of carbonyl (C=O) groups is 1. The number of rotatable bonds is 5. The van der Waals surface area contributed by atoms with E-state index in [1.165, 1.54) is 0 Å². The first kappa shape index (κ1) is 12.0. The Balaban J connectivity index is 2.79. The summed E-state index contributed by atoms with van der Waals surface area (Å²) in [6.45, 7) is -0.902. The van der Waals surface area contributed by atoms with Crippen LogP contribution in [0.1, 0.15) is 12.0 Å². The molecule has 0 aliphatic rings. The quantitative estimate of drug-likeness (QED) is 0.900. The van der Waals surface area contributed by atoms with Crippen LogP contribution in [0.15, 0.2) is 22.7 Å². The Morgan fingerprint density at radius 1 is 1.53 bits per heavy atom. The Morgan fingerprint density at radius 2 is 2.27 bits per heavy atom. The molecule has 0 aliphatic heterocycles. The Kier molecular flexibility index (Phi) is 4.55. The predicted octanol–water partition coefficient (Wildman–Crippen LogP) is 2.77. The highest BCUT2D eigenvalue weighted by Crippen LogP contribution is 2.29.